The van der Waals surface area contributed by atoms with Crippen molar-refractivity contribution >= 4 is 16.9 Å². The molecule has 0 aliphatic heterocycles. The highest BCUT2D eigenvalue weighted by Crippen LogP contribution is 2.29. The molecule has 1 saturated carbocycles. The molecule has 2 aromatic heterocycles. The quantitative estimate of drug-likeness (QED) is 0.604. The molecule has 1 amide bonds. The van der Waals surface area contributed by atoms with Crippen LogP contribution in [0.15, 0.2) is 57.9 Å². The Kier molecular flexibility index (Phi) is 5.23. The Labute approximate surface area is 161 Å². The summed E-state index contributed by atoms with van der Waals surface area (Å²) in [6.07, 6.45) is 4.16. The van der Waals surface area contributed by atoms with Gasteiger partial charge in [-0.05, 0) is 42.5 Å². The zero-order valence-electron chi connectivity index (χ0n) is 15.2. The van der Waals surface area contributed by atoms with Gasteiger partial charge in [0.2, 0.25) is 5.88 Å². The summed E-state index contributed by atoms with van der Waals surface area (Å²) in [6.45, 7) is 0.932. The van der Waals surface area contributed by atoms with E-state index in [2.05, 4.69) is 10.3 Å². The summed E-state index contributed by atoms with van der Waals surface area (Å²) >= 11 is 0. The van der Waals surface area contributed by atoms with Crippen LogP contribution in [0.4, 0.5) is 0 Å². The average molecular weight is 380 g/mol. The Balaban J connectivity index is 1.24. The van der Waals surface area contributed by atoms with Crippen LogP contribution in [-0.4, -0.2) is 24.1 Å². The molecule has 144 valence electrons. The van der Waals surface area contributed by atoms with Gasteiger partial charge in [0.1, 0.15) is 11.3 Å². The smallest absolute Gasteiger partial charge is 0.336 e. The Morgan fingerprint density at radius 2 is 2.00 bits per heavy atom. The van der Waals surface area contributed by atoms with E-state index < -0.39 is 5.63 Å². The van der Waals surface area contributed by atoms with Crippen molar-refractivity contribution in [3.63, 3.8) is 0 Å². The zero-order chi connectivity index (χ0) is 19.3. The van der Waals surface area contributed by atoms with Crippen molar-refractivity contribution in [1.29, 1.82) is 0 Å². The predicted molar refractivity (Wildman–Crippen MR) is 102 cm³/mol. The first-order chi connectivity index (χ1) is 13.7. The molecule has 7 heteroatoms. The van der Waals surface area contributed by atoms with E-state index in [1.54, 1.807) is 30.5 Å². The van der Waals surface area contributed by atoms with Crippen molar-refractivity contribution in [2.45, 2.75) is 19.4 Å². The van der Waals surface area contributed by atoms with Gasteiger partial charge in [-0.25, -0.2) is 9.78 Å². The highest BCUT2D eigenvalue weighted by Gasteiger charge is 2.22. The first-order valence-corrected chi connectivity index (χ1v) is 9.17. The van der Waals surface area contributed by atoms with Gasteiger partial charge in [0.25, 0.3) is 5.91 Å². The van der Waals surface area contributed by atoms with Gasteiger partial charge in [-0.1, -0.05) is 6.07 Å². The lowest BCUT2D eigenvalue weighted by atomic mass is 10.2. The zero-order valence-corrected chi connectivity index (χ0v) is 15.2. The van der Waals surface area contributed by atoms with Gasteiger partial charge in [-0.3, -0.25) is 4.79 Å². The summed E-state index contributed by atoms with van der Waals surface area (Å²) in [5, 5.41) is 3.56. The van der Waals surface area contributed by atoms with Crippen molar-refractivity contribution in [3.8, 4) is 11.6 Å². The van der Waals surface area contributed by atoms with Gasteiger partial charge in [0.05, 0.1) is 6.61 Å². The van der Waals surface area contributed by atoms with Crippen LogP contribution in [0.25, 0.3) is 11.0 Å². The normalized spacial score (nSPS) is 13.3. The molecule has 28 heavy (non-hydrogen) atoms. The lowest BCUT2D eigenvalue weighted by Crippen LogP contribution is -2.28. The van der Waals surface area contributed by atoms with E-state index >= 15 is 0 Å². The topological polar surface area (TPSA) is 90.7 Å². The molecule has 0 spiro atoms. The van der Waals surface area contributed by atoms with Crippen LogP contribution in [0.1, 0.15) is 18.4 Å². The Bertz CT molecular complexity index is 1020. The summed E-state index contributed by atoms with van der Waals surface area (Å²) in [5.74, 6) is 1.48. The number of carbonyl (C=O) groups excluding carboxylic acids is 1. The molecule has 2 heterocycles. The summed E-state index contributed by atoms with van der Waals surface area (Å²) in [7, 11) is 0. The van der Waals surface area contributed by atoms with Crippen LogP contribution < -0.4 is 20.4 Å². The standard InChI is InChI=1S/C21H20N2O5/c24-19(13-26-17-6-4-16-5-8-21(25)28-18(16)9-17)22-10-15-3-7-20(23-11-15)27-12-14-1-2-14/h3-9,11,14H,1-2,10,12-13H2,(H,22,24). The minimum Gasteiger partial charge on any atom is -0.484 e. The number of nitrogens with zero attached hydrogens (tertiary/aromatic N) is 1. The van der Waals surface area contributed by atoms with Gasteiger partial charge >= 0.3 is 5.63 Å². The summed E-state index contributed by atoms with van der Waals surface area (Å²) < 4.78 is 16.2. The molecule has 0 bridgehead atoms. The third-order valence-corrected chi connectivity index (χ3v) is 4.42. The monoisotopic (exact) mass is 380 g/mol. The van der Waals surface area contributed by atoms with E-state index in [4.69, 9.17) is 13.9 Å². The molecule has 0 radical (unpaired) electrons. The Morgan fingerprint density at radius 3 is 2.79 bits per heavy atom. The van der Waals surface area contributed by atoms with Crippen LogP contribution >= 0.6 is 0 Å². The van der Waals surface area contributed by atoms with E-state index in [9.17, 15) is 9.59 Å². The largest absolute Gasteiger partial charge is 0.484 e. The first kappa shape index (κ1) is 18.0. The number of nitrogens with one attached hydrogen (secondary N) is 1. The van der Waals surface area contributed by atoms with Gasteiger partial charge in [0, 0.05) is 36.3 Å². The molecule has 3 aromatic rings. The minimum atomic E-state index is -0.431. The predicted octanol–water partition coefficient (Wildman–Crippen LogP) is 2.67. The molecule has 0 saturated heterocycles. The molecule has 1 fully saturated rings. The molecule has 1 aliphatic rings. The molecule has 1 aliphatic carbocycles. The van der Waals surface area contributed by atoms with Gasteiger partial charge in [-0.15, -0.1) is 0 Å². The second kappa shape index (κ2) is 8.12. The highest BCUT2D eigenvalue weighted by atomic mass is 16.5. The number of pyridine rings is 1. The third-order valence-electron chi connectivity index (χ3n) is 4.42. The lowest BCUT2D eigenvalue weighted by molar-refractivity contribution is -0.123. The molecule has 4 rings (SSSR count). The average Bonchev–Trinajstić information content (AvgIpc) is 3.54. The van der Waals surface area contributed by atoms with Gasteiger partial charge < -0.3 is 19.2 Å². The molecule has 7 nitrogen and oxygen atoms in total. The van der Waals surface area contributed by atoms with Crippen LogP contribution in [0.3, 0.4) is 0 Å². The van der Waals surface area contributed by atoms with Gasteiger partial charge in [-0.2, -0.15) is 0 Å². The number of rotatable bonds is 8. The number of aromatic nitrogens is 1. The second-order valence-electron chi connectivity index (χ2n) is 6.78. The van der Waals surface area contributed by atoms with Crippen LogP contribution in [0.2, 0.25) is 0 Å². The Morgan fingerprint density at radius 1 is 1.14 bits per heavy atom. The van der Waals surface area contributed by atoms with Crippen molar-refractivity contribution < 1.29 is 18.7 Å². The molecule has 0 atom stereocenters. The molecule has 1 N–H and O–H groups in total. The Hall–Kier alpha value is -3.35. The maximum absolute atomic E-state index is 12.0. The van der Waals surface area contributed by atoms with Crippen LogP contribution in [0.5, 0.6) is 11.6 Å². The number of hydrogen-bond acceptors (Lipinski definition) is 6. The first-order valence-electron chi connectivity index (χ1n) is 9.17. The number of hydrogen-bond donors (Lipinski definition) is 1. The van der Waals surface area contributed by atoms with E-state index in [1.807, 2.05) is 12.1 Å². The summed E-state index contributed by atoms with van der Waals surface area (Å²) in [4.78, 5) is 27.5. The second-order valence-corrected chi connectivity index (χ2v) is 6.78. The maximum Gasteiger partial charge on any atom is 0.336 e. The van der Waals surface area contributed by atoms with E-state index in [-0.39, 0.29) is 12.5 Å². The number of carbonyl (C=O) groups is 1. The van der Waals surface area contributed by atoms with Crippen LogP contribution in [-0.2, 0) is 11.3 Å². The van der Waals surface area contributed by atoms with E-state index in [1.165, 1.54) is 18.9 Å². The van der Waals surface area contributed by atoms with Crippen LogP contribution in [0, 0.1) is 5.92 Å². The molecular formula is C21H20N2O5. The third kappa shape index (κ3) is 4.88. The fourth-order valence-electron chi connectivity index (χ4n) is 2.62. The van der Waals surface area contributed by atoms with Crippen molar-refractivity contribution in [2.75, 3.05) is 13.2 Å². The number of ether oxygens (including phenoxy) is 2. The lowest BCUT2D eigenvalue weighted by Gasteiger charge is -2.09. The molecule has 1 aromatic carbocycles. The van der Waals surface area contributed by atoms with E-state index in [0.717, 1.165) is 17.6 Å². The molecular weight excluding hydrogens is 360 g/mol. The van der Waals surface area contributed by atoms with Crippen molar-refractivity contribution in [2.24, 2.45) is 5.92 Å². The number of amides is 1. The number of benzene rings is 1. The maximum atomic E-state index is 12.0. The minimum absolute atomic E-state index is 0.140. The van der Waals surface area contributed by atoms with E-state index in [0.29, 0.717) is 29.7 Å². The van der Waals surface area contributed by atoms with Crippen molar-refractivity contribution in [3.05, 3.63) is 64.6 Å². The SMILES string of the molecule is O=C(COc1ccc2ccc(=O)oc2c1)NCc1ccc(OCC2CC2)nc1. The highest BCUT2D eigenvalue weighted by molar-refractivity contribution is 5.79. The summed E-state index contributed by atoms with van der Waals surface area (Å²) in [5.41, 5.74) is 0.861. The molecule has 0 unspecified atom stereocenters. The van der Waals surface area contributed by atoms with Gasteiger partial charge in [0.15, 0.2) is 6.61 Å². The fraction of sp³-hybridized carbons (Fsp3) is 0.286. The number of fused-ring (bicyclic) bond motifs is 1. The summed E-state index contributed by atoms with van der Waals surface area (Å²) in [6, 6.07) is 11.8. The van der Waals surface area contributed by atoms with Crippen molar-refractivity contribution in [1.82, 2.24) is 10.3 Å². The fourth-order valence-corrected chi connectivity index (χ4v) is 2.62.